The molecule has 1 nitrogen and oxygen atoms in total. The van der Waals surface area contributed by atoms with E-state index in [1.54, 1.807) is 6.08 Å². The zero-order valence-corrected chi connectivity index (χ0v) is 10.6. The fourth-order valence-corrected chi connectivity index (χ4v) is 0.852. The van der Waals surface area contributed by atoms with Crippen molar-refractivity contribution in [3.8, 4) is 0 Å². The third kappa shape index (κ3) is 8.95. The van der Waals surface area contributed by atoms with Crippen LogP contribution in [0.3, 0.4) is 0 Å². The average molecular weight is 205 g/mol. The maximum atomic E-state index is 4.15. The lowest BCUT2D eigenvalue weighted by atomic mass is 10.2. The molecule has 0 aliphatic heterocycles. The van der Waals surface area contributed by atoms with Gasteiger partial charge in [-0.25, -0.2) is 0 Å². The third-order valence-corrected chi connectivity index (χ3v) is 1.39. The first-order chi connectivity index (χ1) is 7.26. The summed E-state index contributed by atoms with van der Waals surface area (Å²) in [5.74, 6) is 0. The summed E-state index contributed by atoms with van der Waals surface area (Å²) in [7, 11) is 0. The SMILES string of the molecule is C/C=C\c1cccnc1C.C=CC.CC. The molecule has 0 saturated carbocycles. The minimum Gasteiger partial charge on any atom is -0.261 e. The van der Waals surface area contributed by atoms with Crippen molar-refractivity contribution >= 4 is 6.08 Å². The van der Waals surface area contributed by atoms with Gasteiger partial charge in [-0.2, -0.15) is 0 Å². The molecule has 1 heterocycles. The largest absolute Gasteiger partial charge is 0.261 e. The van der Waals surface area contributed by atoms with Crippen molar-refractivity contribution in [2.24, 2.45) is 0 Å². The summed E-state index contributed by atoms with van der Waals surface area (Å²) in [6.07, 6.45) is 7.63. The van der Waals surface area contributed by atoms with E-state index in [-0.39, 0.29) is 0 Å². The lowest BCUT2D eigenvalue weighted by molar-refractivity contribution is 1.19. The molecule has 0 radical (unpaired) electrons. The Morgan fingerprint density at radius 2 is 1.80 bits per heavy atom. The summed E-state index contributed by atoms with van der Waals surface area (Å²) >= 11 is 0. The molecule has 0 N–H and O–H groups in total. The molecule has 0 fully saturated rings. The Morgan fingerprint density at radius 3 is 2.20 bits per heavy atom. The fraction of sp³-hybridized carbons (Fsp3) is 0.357. The lowest BCUT2D eigenvalue weighted by Gasteiger charge is -1.95. The first-order valence-electron chi connectivity index (χ1n) is 5.37. The molecule has 0 aromatic carbocycles. The minimum absolute atomic E-state index is 1.08. The zero-order valence-electron chi connectivity index (χ0n) is 10.6. The van der Waals surface area contributed by atoms with Crippen molar-refractivity contribution in [2.45, 2.75) is 34.6 Å². The predicted molar refractivity (Wildman–Crippen MR) is 70.9 cm³/mol. The van der Waals surface area contributed by atoms with E-state index in [4.69, 9.17) is 0 Å². The van der Waals surface area contributed by atoms with Crippen LogP contribution in [-0.2, 0) is 0 Å². The van der Waals surface area contributed by atoms with Crippen molar-refractivity contribution in [1.82, 2.24) is 4.98 Å². The van der Waals surface area contributed by atoms with Gasteiger partial charge < -0.3 is 0 Å². The molecule has 0 unspecified atom stereocenters. The van der Waals surface area contributed by atoms with Gasteiger partial charge in [-0.1, -0.05) is 38.1 Å². The van der Waals surface area contributed by atoms with E-state index < -0.39 is 0 Å². The van der Waals surface area contributed by atoms with E-state index in [0.717, 1.165) is 5.69 Å². The number of hydrogen-bond donors (Lipinski definition) is 0. The number of allylic oxidation sites excluding steroid dienone is 2. The van der Waals surface area contributed by atoms with Crippen LogP contribution in [0, 0.1) is 6.92 Å². The van der Waals surface area contributed by atoms with E-state index in [1.165, 1.54) is 5.56 Å². The van der Waals surface area contributed by atoms with E-state index in [1.807, 2.05) is 53.0 Å². The second kappa shape index (κ2) is 12.6. The molecule has 0 saturated heterocycles. The Morgan fingerprint density at radius 1 is 1.27 bits per heavy atom. The summed E-state index contributed by atoms with van der Waals surface area (Å²) in [5, 5.41) is 0. The normalized spacial score (nSPS) is 8.33. The van der Waals surface area contributed by atoms with Crippen LogP contribution in [0.2, 0.25) is 0 Å². The summed E-state index contributed by atoms with van der Waals surface area (Å²) in [4.78, 5) is 4.15. The summed E-state index contributed by atoms with van der Waals surface area (Å²) in [5.41, 5.74) is 2.28. The Kier molecular flexibility index (Phi) is 13.5. The van der Waals surface area contributed by atoms with E-state index >= 15 is 0 Å². The molecule has 0 bridgehead atoms. The van der Waals surface area contributed by atoms with E-state index in [2.05, 4.69) is 23.7 Å². The number of hydrogen-bond acceptors (Lipinski definition) is 1. The van der Waals surface area contributed by atoms with Crippen LogP contribution in [0.25, 0.3) is 6.08 Å². The van der Waals surface area contributed by atoms with Crippen molar-refractivity contribution in [3.63, 3.8) is 0 Å². The maximum Gasteiger partial charge on any atom is 0.0444 e. The Hall–Kier alpha value is -1.37. The first kappa shape index (κ1) is 16.1. The zero-order chi connectivity index (χ0) is 12.1. The summed E-state index contributed by atoms with van der Waals surface area (Å²) in [6.45, 7) is 13.3. The maximum absolute atomic E-state index is 4.15. The van der Waals surface area contributed by atoms with Crippen LogP contribution in [0.1, 0.15) is 39.0 Å². The number of nitrogens with zero attached hydrogens (tertiary/aromatic N) is 1. The van der Waals surface area contributed by atoms with Crippen LogP contribution in [-0.4, -0.2) is 4.98 Å². The summed E-state index contributed by atoms with van der Waals surface area (Å²) < 4.78 is 0. The van der Waals surface area contributed by atoms with Crippen LogP contribution in [0.5, 0.6) is 0 Å². The molecule has 1 heteroatoms. The van der Waals surface area contributed by atoms with Gasteiger partial charge in [0.05, 0.1) is 0 Å². The van der Waals surface area contributed by atoms with E-state index in [0.29, 0.717) is 0 Å². The molecule has 1 rings (SSSR count). The number of rotatable bonds is 1. The predicted octanol–water partition coefficient (Wildman–Crippen LogP) is 4.64. The van der Waals surface area contributed by atoms with Crippen LogP contribution in [0.4, 0.5) is 0 Å². The molecule has 0 atom stereocenters. The second-order valence-electron chi connectivity index (χ2n) is 2.59. The van der Waals surface area contributed by atoms with Crippen molar-refractivity contribution in [1.29, 1.82) is 0 Å². The smallest absolute Gasteiger partial charge is 0.0444 e. The molecule has 0 spiro atoms. The van der Waals surface area contributed by atoms with Crippen molar-refractivity contribution < 1.29 is 0 Å². The fourth-order valence-electron chi connectivity index (χ4n) is 0.852. The van der Waals surface area contributed by atoms with Crippen molar-refractivity contribution in [3.05, 3.63) is 48.3 Å². The molecule has 15 heavy (non-hydrogen) atoms. The summed E-state index contributed by atoms with van der Waals surface area (Å²) in [6, 6.07) is 4.00. The van der Waals surface area contributed by atoms with Gasteiger partial charge in [-0.3, -0.25) is 4.98 Å². The molecule has 0 aliphatic rings. The van der Waals surface area contributed by atoms with Crippen LogP contribution < -0.4 is 0 Å². The minimum atomic E-state index is 1.08. The molecule has 84 valence electrons. The van der Waals surface area contributed by atoms with Gasteiger partial charge in [0, 0.05) is 11.9 Å². The topological polar surface area (TPSA) is 12.9 Å². The number of aryl methyl sites for hydroxylation is 1. The number of pyridine rings is 1. The van der Waals surface area contributed by atoms with Gasteiger partial charge in [-0.05, 0) is 32.4 Å². The van der Waals surface area contributed by atoms with E-state index in [9.17, 15) is 0 Å². The molecular formula is C14H23N. The Labute approximate surface area is 94.6 Å². The number of aromatic nitrogens is 1. The van der Waals surface area contributed by atoms with Gasteiger partial charge >= 0.3 is 0 Å². The highest BCUT2D eigenvalue weighted by atomic mass is 14.7. The highest BCUT2D eigenvalue weighted by Gasteiger charge is 1.89. The molecule has 1 aromatic heterocycles. The van der Waals surface area contributed by atoms with Crippen molar-refractivity contribution in [2.75, 3.05) is 0 Å². The van der Waals surface area contributed by atoms with Gasteiger partial charge in [0.15, 0.2) is 0 Å². The first-order valence-corrected chi connectivity index (χ1v) is 5.37. The third-order valence-electron chi connectivity index (χ3n) is 1.39. The second-order valence-corrected chi connectivity index (χ2v) is 2.59. The monoisotopic (exact) mass is 205 g/mol. The molecule has 0 amide bonds. The highest BCUT2D eigenvalue weighted by molar-refractivity contribution is 5.50. The molecule has 0 aliphatic carbocycles. The standard InChI is InChI=1S/C9H11N.C3H6.C2H6/c1-3-5-9-6-4-7-10-8(9)2;1-3-2;1-2/h3-7H,1-2H3;3H,1H2,2H3;1-2H3/b5-3-;;. The van der Waals surface area contributed by atoms with Crippen LogP contribution in [0.15, 0.2) is 37.1 Å². The molecular weight excluding hydrogens is 182 g/mol. The Balaban J connectivity index is 0. The van der Waals surface area contributed by atoms with Gasteiger partial charge in [0.1, 0.15) is 0 Å². The average Bonchev–Trinajstić information content (AvgIpc) is 2.26. The quantitative estimate of drug-likeness (QED) is 0.608. The van der Waals surface area contributed by atoms with Crippen LogP contribution >= 0.6 is 0 Å². The van der Waals surface area contributed by atoms with Gasteiger partial charge in [0.25, 0.3) is 0 Å². The highest BCUT2D eigenvalue weighted by Crippen LogP contribution is 2.04. The molecule has 1 aromatic rings. The lowest BCUT2D eigenvalue weighted by Crippen LogP contribution is -1.82. The van der Waals surface area contributed by atoms with Gasteiger partial charge in [0.2, 0.25) is 0 Å². The Bertz CT molecular complexity index is 274. The van der Waals surface area contributed by atoms with Gasteiger partial charge in [-0.15, -0.1) is 6.58 Å².